The van der Waals surface area contributed by atoms with Crippen LogP contribution >= 0.6 is 24.8 Å². The first-order valence-corrected chi connectivity index (χ1v) is 8.24. The number of amides is 1. The van der Waals surface area contributed by atoms with Crippen LogP contribution in [0.15, 0.2) is 12.3 Å². The highest BCUT2D eigenvalue weighted by Gasteiger charge is 2.26. The van der Waals surface area contributed by atoms with Gasteiger partial charge < -0.3 is 10.6 Å². The fraction of sp³-hybridized carbons (Fsp3) is 0.529. The quantitative estimate of drug-likeness (QED) is 0.849. The summed E-state index contributed by atoms with van der Waals surface area (Å²) in [5.74, 6) is 1.56. The molecule has 0 aromatic carbocycles. The van der Waals surface area contributed by atoms with E-state index in [1.165, 1.54) is 5.56 Å². The van der Waals surface area contributed by atoms with E-state index in [1.54, 1.807) is 4.68 Å². The molecule has 0 radical (unpaired) electrons. The topological polar surface area (TPSA) is 89.9 Å². The monoisotopic (exact) mass is 400 g/mol. The maximum atomic E-state index is 12.7. The van der Waals surface area contributed by atoms with Crippen molar-refractivity contribution in [3.05, 3.63) is 40.7 Å². The molecule has 2 aromatic rings. The van der Waals surface area contributed by atoms with Crippen LogP contribution in [0.3, 0.4) is 0 Å². The van der Waals surface area contributed by atoms with Gasteiger partial charge in [0.15, 0.2) is 0 Å². The molecule has 0 aliphatic carbocycles. The Morgan fingerprint density at radius 2 is 1.88 bits per heavy atom. The number of halogens is 2. The van der Waals surface area contributed by atoms with E-state index in [2.05, 4.69) is 15.1 Å². The van der Waals surface area contributed by atoms with E-state index < -0.39 is 0 Å². The van der Waals surface area contributed by atoms with Crippen LogP contribution in [0.2, 0.25) is 0 Å². The van der Waals surface area contributed by atoms with Crippen molar-refractivity contribution in [2.45, 2.75) is 53.4 Å². The fourth-order valence-corrected chi connectivity index (χ4v) is 2.94. The van der Waals surface area contributed by atoms with E-state index >= 15 is 0 Å². The van der Waals surface area contributed by atoms with E-state index in [0.29, 0.717) is 24.7 Å². The van der Waals surface area contributed by atoms with Gasteiger partial charge in [0, 0.05) is 25.0 Å². The fourth-order valence-electron chi connectivity index (χ4n) is 2.94. The molecule has 2 N–H and O–H groups in total. The van der Waals surface area contributed by atoms with Crippen molar-refractivity contribution in [3.8, 4) is 0 Å². The molecule has 0 fully saturated rings. The van der Waals surface area contributed by atoms with Crippen LogP contribution in [0, 0.1) is 19.8 Å². The van der Waals surface area contributed by atoms with Crippen LogP contribution in [0.5, 0.6) is 0 Å². The summed E-state index contributed by atoms with van der Waals surface area (Å²) in [5, 5.41) is 4.35. The van der Waals surface area contributed by atoms with Gasteiger partial charge in [-0.3, -0.25) is 9.78 Å². The Morgan fingerprint density at radius 1 is 1.23 bits per heavy atom. The predicted molar refractivity (Wildman–Crippen MR) is 104 cm³/mol. The van der Waals surface area contributed by atoms with Gasteiger partial charge in [0.2, 0.25) is 5.91 Å². The molecule has 3 rings (SSSR count). The number of rotatable bonds is 4. The minimum absolute atomic E-state index is 0. The number of aryl methyl sites for hydroxylation is 2. The molecule has 0 saturated heterocycles. The molecule has 3 heterocycles. The van der Waals surface area contributed by atoms with E-state index in [9.17, 15) is 4.79 Å². The SMILES string of the molecule is Cc1cc2c(cn1)CN(C(=O)Cn1nc(C)nc1[C@@H](N)C(C)C)C2.Cl.Cl. The lowest BCUT2D eigenvalue weighted by Gasteiger charge is -2.18. The number of pyridine rings is 1. The second kappa shape index (κ2) is 8.79. The molecule has 1 amide bonds. The molecule has 144 valence electrons. The van der Waals surface area contributed by atoms with Crippen molar-refractivity contribution < 1.29 is 4.79 Å². The van der Waals surface area contributed by atoms with Crippen LogP contribution in [0.4, 0.5) is 0 Å². The number of carbonyl (C=O) groups is 1. The van der Waals surface area contributed by atoms with Crippen molar-refractivity contribution in [2.75, 3.05) is 0 Å². The Kier molecular flexibility index (Phi) is 7.56. The number of aromatic nitrogens is 4. The lowest BCUT2D eigenvalue weighted by molar-refractivity contribution is -0.132. The predicted octanol–water partition coefficient (Wildman–Crippen LogP) is 2.33. The Balaban J connectivity index is 0.00000169. The summed E-state index contributed by atoms with van der Waals surface area (Å²) in [6, 6.07) is 1.81. The maximum Gasteiger partial charge on any atom is 0.244 e. The van der Waals surface area contributed by atoms with Gasteiger partial charge in [0.1, 0.15) is 18.2 Å². The lowest BCUT2D eigenvalue weighted by atomic mass is 10.1. The van der Waals surface area contributed by atoms with Crippen molar-refractivity contribution in [1.82, 2.24) is 24.6 Å². The molecule has 0 saturated carbocycles. The van der Waals surface area contributed by atoms with Gasteiger partial charge in [0.05, 0.1) is 6.04 Å². The molecule has 2 aromatic heterocycles. The summed E-state index contributed by atoms with van der Waals surface area (Å²) < 4.78 is 1.65. The summed E-state index contributed by atoms with van der Waals surface area (Å²) in [6.45, 7) is 9.23. The summed E-state index contributed by atoms with van der Waals surface area (Å²) >= 11 is 0. The smallest absolute Gasteiger partial charge is 0.244 e. The molecule has 1 aliphatic heterocycles. The third kappa shape index (κ3) is 4.52. The van der Waals surface area contributed by atoms with E-state index in [4.69, 9.17) is 5.73 Å². The van der Waals surface area contributed by atoms with Gasteiger partial charge in [-0.2, -0.15) is 5.10 Å². The van der Waals surface area contributed by atoms with Crippen LogP contribution in [-0.2, 0) is 24.4 Å². The van der Waals surface area contributed by atoms with E-state index in [0.717, 1.165) is 11.3 Å². The average Bonchev–Trinajstić information content (AvgIpc) is 3.09. The Morgan fingerprint density at radius 3 is 2.54 bits per heavy atom. The van der Waals surface area contributed by atoms with Crippen LogP contribution in [0.25, 0.3) is 0 Å². The van der Waals surface area contributed by atoms with Crippen LogP contribution in [-0.4, -0.2) is 30.6 Å². The van der Waals surface area contributed by atoms with Gasteiger partial charge in [0.25, 0.3) is 0 Å². The number of nitrogens with two attached hydrogens (primary N) is 1. The molecule has 0 bridgehead atoms. The number of carbonyl (C=O) groups excluding carboxylic acids is 1. The molecule has 1 atom stereocenters. The number of fused-ring (bicyclic) bond motifs is 1. The highest BCUT2D eigenvalue weighted by molar-refractivity contribution is 5.85. The van der Waals surface area contributed by atoms with Gasteiger partial charge >= 0.3 is 0 Å². The van der Waals surface area contributed by atoms with Gasteiger partial charge in [-0.15, -0.1) is 24.8 Å². The highest BCUT2D eigenvalue weighted by atomic mass is 35.5. The molecule has 0 unspecified atom stereocenters. The van der Waals surface area contributed by atoms with Crippen molar-refractivity contribution in [1.29, 1.82) is 0 Å². The van der Waals surface area contributed by atoms with Crippen molar-refractivity contribution >= 4 is 30.7 Å². The highest BCUT2D eigenvalue weighted by Crippen LogP contribution is 2.23. The maximum absolute atomic E-state index is 12.7. The third-order valence-corrected chi connectivity index (χ3v) is 4.40. The normalized spacial score (nSPS) is 13.8. The minimum Gasteiger partial charge on any atom is -0.332 e. The summed E-state index contributed by atoms with van der Waals surface area (Å²) in [6.07, 6.45) is 1.86. The summed E-state index contributed by atoms with van der Waals surface area (Å²) in [7, 11) is 0. The zero-order valence-corrected chi connectivity index (χ0v) is 17.1. The summed E-state index contributed by atoms with van der Waals surface area (Å²) in [4.78, 5) is 23.2. The van der Waals surface area contributed by atoms with Crippen LogP contribution in [0.1, 0.15) is 48.4 Å². The number of hydrogen-bond acceptors (Lipinski definition) is 5. The first kappa shape index (κ1) is 22.3. The standard InChI is InChI=1S/C17H24N6O.2ClH/c1-10(2)16(18)17-20-12(4)21-23(17)9-15(24)22-7-13-5-11(3)19-6-14(13)8-22;;/h5-6,10,16H,7-9,18H2,1-4H3;2*1H/t16-;;/m0../s1. The second-order valence-corrected chi connectivity index (χ2v) is 6.79. The Bertz CT molecular complexity index is 777. The molecular formula is C17H26Cl2N6O. The second-order valence-electron chi connectivity index (χ2n) is 6.79. The Hall–Kier alpha value is -1.70. The summed E-state index contributed by atoms with van der Waals surface area (Å²) in [5.41, 5.74) is 9.47. The first-order valence-electron chi connectivity index (χ1n) is 8.24. The van der Waals surface area contributed by atoms with Crippen LogP contribution < -0.4 is 5.73 Å². The largest absolute Gasteiger partial charge is 0.332 e. The van der Waals surface area contributed by atoms with Gasteiger partial charge in [-0.05, 0) is 37.0 Å². The number of hydrogen-bond donors (Lipinski definition) is 1. The average molecular weight is 401 g/mol. The zero-order chi connectivity index (χ0) is 17.4. The third-order valence-electron chi connectivity index (χ3n) is 4.40. The lowest BCUT2D eigenvalue weighted by Crippen LogP contribution is -2.31. The Labute approximate surface area is 166 Å². The first-order chi connectivity index (χ1) is 11.3. The molecule has 26 heavy (non-hydrogen) atoms. The number of nitrogens with zero attached hydrogens (tertiary/aromatic N) is 5. The zero-order valence-electron chi connectivity index (χ0n) is 15.5. The van der Waals surface area contributed by atoms with Gasteiger partial charge in [-0.25, -0.2) is 9.67 Å². The molecule has 1 aliphatic rings. The van der Waals surface area contributed by atoms with Gasteiger partial charge in [-0.1, -0.05) is 13.8 Å². The minimum atomic E-state index is -0.235. The molecule has 9 heteroatoms. The van der Waals surface area contributed by atoms with E-state index in [-0.39, 0.29) is 49.2 Å². The van der Waals surface area contributed by atoms with Crippen molar-refractivity contribution in [2.24, 2.45) is 11.7 Å². The van der Waals surface area contributed by atoms with E-state index in [1.807, 2.05) is 44.9 Å². The molecular weight excluding hydrogens is 375 g/mol. The van der Waals surface area contributed by atoms with Crippen molar-refractivity contribution in [3.63, 3.8) is 0 Å². The molecule has 0 spiro atoms. The molecule has 7 nitrogen and oxygen atoms in total.